The first kappa shape index (κ1) is 19.8. The number of methoxy groups -OCH3 is 1. The van der Waals surface area contributed by atoms with Crippen molar-refractivity contribution in [3.63, 3.8) is 0 Å². The zero-order chi connectivity index (χ0) is 16.4. The van der Waals surface area contributed by atoms with Crippen LogP contribution in [-0.4, -0.2) is 53.6 Å². The third-order valence-electron chi connectivity index (χ3n) is 3.08. The van der Waals surface area contributed by atoms with E-state index in [0.717, 1.165) is 11.0 Å². The Balaban J connectivity index is 0.00000264. The van der Waals surface area contributed by atoms with Gasteiger partial charge in [-0.2, -0.15) is 0 Å². The largest absolute Gasteiger partial charge is 1.00 e. The molecule has 0 aromatic heterocycles. The van der Waals surface area contributed by atoms with E-state index < -0.39 is 29.2 Å². The van der Waals surface area contributed by atoms with E-state index in [1.807, 2.05) is 0 Å². The monoisotopic (exact) mass is 349 g/mol. The van der Waals surface area contributed by atoms with Crippen LogP contribution in [0.5, 0.6) is 0 Å². The number of hydrogen-bond donors (Lipinski definition) is 0. The first-order valence-electron chi connectivity index (χ1n) is 6.18. The summed E-state index contributed by atoms with van der Waals surface area (Å²) in [5.74, 6) is -3.14. The summed E-state index contributed by atoms with van der Waals surface area (Å²) in [6, 6.07) is 0. The molecule has 1 atom stereocenters. The molecule has 2 aliphatic rings. The Kier molecular flexibility index (Phi) is 6.87. The maximum absolute atomic E-state index is 12.0. The Bertz CT molecular complexity index is 628. The maximum Gasteiger partial charge on any atom is 1.00 e. The van der Waals surface area contributed by atoms with Gasteiger partial charge in [0.25, 0.3) is 5.91 Å². The number of carboxylic acid groups (broad SMARTS) is 1. The molecular weight excluding hydrogens is 337 g/mol. The summed E-state index contributed by atoms with van der Waals surface area (Å²) in [6.07, 6.45) is 1.04. The van der Waals surface area contributed by atoms with Crippen LogP contribution >= 0.6 is 11.8 Å². The van der Waals surface area contributed by atoms with Gasteiger partial charge in [-0.05, 0) is 0 Å². The normalized spacial score (nSPS) is 21.1. The number of nitrogens with zero attached hydrogens (tertiary/aromatic N) is 1. The summed E-state index contributed by atoms with van der Waals surface area (Å²) in [6.45, 7) is 0.974. The van der Waals surface area contributed by atoms with Crippen LogP contribution < -0.4 is 34.7 Å². The first-order chi connectivity index (χ1) is 10.4. The number of esters is 2. The third kappa shape index (κ3) is 3.97. The Morgan fingerprint density at radius 3 is 2.61 bits per heavy atom. The van der Waals surface area contributed by atoms with E-state index in [9.17, 15) is 24.3 Å². The maximum atomic E-state index is 12.0. The predicted octanol–water partition coefficient (Wildman–Crippen LogP) is -4.43. The number of carbonyl (C=O) groups excluding carboxylic acids is 4. The Morgan fingerprint density at radius 1 is 1.43 bits per heavy atom. The second-order valence-electron chi connectivity index (χ2n) is 4.48. The molecule has 0 saturated carbocycles. The second kappa shape index (κ2) is 8.00. The molecule has 1 amide bonds. The summed E-state index contributed by atoms with van der Waals surface area (Å²) in [7, 11) is 1.18. The molecule has 10 heteroatoms. The van der Waals surface area contributed by atoms with Crippen molar-refractivity contribution in [1.29, 1.82) is 0 Å². The van der Waals surface area contributed by atoms with E-state index >= 15 is 0 Å². The van der Waals surface area contributed by atoms with Gasteiger partial charge in [0.1, 0.15) is 12.0 Å². The molecule has 0 radical (unpaired) electrons. The van der Waals surface area contributed by atoms with Crippen molar-refractivity contribution in [3.8, 4) is 0 Å². The molecule has 2 rings (SSSR count). The van der Waals surface area contributed by atoms with Crippen molar-refractivity contribution < 1.29 is 63.3 Å². The van der Waals surface area contributed by atoms with E-state index in [1.54, 1.807) is 0 Å². The fraction of sp³-hybridized carbons (Fsp3) is 0.385. The number of hydrogen-bond acceptors (Lipinski definition) is 8. The van der Waals surface area contributed by atoms with Gasteiger partial charge in [0.2, 0.25) is 0 Å². The van der Waals surface area contributed by atoms with E-state index in [1.165, 1.54) is 25.8 Å². The molecule has 1 saturated heterocycles. The molecule has 0 N–H and O–H groups in total. The molecule has 0 aromatic rings. The van der Waals surface area contributed by atoms with Gasteiger partial charge in [-0.1, -0.05) is 0 Å². The van der Waals surface area contributed by atoms with Crippen LogP contribution in [0.15, 0.2) is 22.9 Å². The van der Waals surface area contributed by atoms with E-state index in [0.29, 0.717) is 0 Å². The average molecular weight is 349 g/mol. The number of fused-ring (bicyclic) bond motifs is 1. The molecule has 0 bridgehead atoms. The molecular formula is C13H12NNaO7S. The predicted molar refractivity (Wildman–Crippen MR) is 71.9 cm³/mol. The minimum absolute atomic E-state index is 0. The fourth-order valence-corrected chi connectivity index (χ4v) is 3.36. The van der Waals surface area contributed by atoms with E-state index in [4.69, 9.17) is 4.74 Å². The van der Waals surface area contributed by atoms with Crippen LogP contribution in [0.25, 0.3) is 0 Å². The zero-order valence-corrected chi connectivity index (χ0v) is 15.6. The number of thioether (sulfide) groups is 1. The zero-order valence-electron chi connectivity index (χ0n) is 12.8. The molecule has 2 heterocycles. The standard InChI is InChI=1S/C13H13NO7S.Na/c1-6(15)21-4-7-5-22-12-8(3-9(16)20-2)11(17)14(12)10(7)13(18)19;/h3,12H,4-5H2,1-2H3,(H,18,19);/q;+1/p-1/b8-3-;/t12-;/m1./s1. The van der Waals surface area contributed by atoms with Gasteiger partial charge in [-0.15, -0.1) is 11.8 Å². The van der Waals surface area contributed by atoms with Crippen LogP contribution in [0.2, 0.25) is 0 Å². The number of ether oxygens (including phenoxy) is 2. The summed E-state index contributed by atoms with van der Waals surface area (Å²) in [5, 5.41) is 10.7. The minimum Gasteiger partial charge on any atom is -0.543 e. The number of aliphatic carboxylic acids is 1. The van der Waals surface area contributed by atoms with E-state index in [2.05, 4.69) is 4.74 Å². The number of rotatable bonds is 4. The van der Waals surface area contributed by atoms with Crippen LogP contribution in [0, 0.1) is 0 Å². The molecule has 0 unspecified atom stereocenters. The van der Waals surface area contributed by atoms with Gasteiger partial charge in [0, 0.05) is 24.3 Å². The Labute approximate surface area is 158 Å². The fourth-order valence-electron chi connectivity index (χ4n) is 2.09. The number of carboxylic acids is 1. The molecule has 23 heavy (non-hydrogen) atoms. The quantitative estimate of drug-likeness (QED) is 0.216. The molecule has 0 aromatic carbocycles. The van der Waals surface area contributed by atoms with Crippen molar-refractivity contribution in [2.45, 2.75) is 12.3 Å². The molecule has 118 valence electrons. The molecule has 2 aliphatic heterocycles. The van der Waals surface area contributed by atoms with Gasteiger partial charge in [-0.25, -0.2) is 4.79 Å². The van der Waals surface area contributed by atoms with Gasteiger partial charge < -0.3 is 19.4 Å². The van der Waals surface area contributed by atoms with Crippen molar-refractivity contribution in [2.24, 2.45) is 0 Å². The van der Waals surface area contributed by atoms with Crippen molar-refractivity contribution in [2.75, 3.05) is 19.5 Å². The van der Waals surface area contributed by atoms with Crippen molar-refractivity contribution in [3.05, 3.63) is 22.9 Å². The van der Waals surface area contributed by atoms with Gasteiger partial charge >= 0.3 is 41.5 Å². The molecule has 0 spiro atoms. The summed E-state index contributed by atoms with van der Waals surface area (Å²) < 4.78 is 9.24. The smallest absolute Gasteiger partial charge is 0.543 e. The van der Waals surface area contributed by atoms with Crippen LogP contribution in [-0.2, 0) is 28.7 Å². The number of carbonyl (C=O) groups is 4. The number of β-lactam (4-membered cyclic amide) rings is 1. The van der Waals surface area contributed by atoms with Crippen molar-refractivity contribution >= 4 is 35.6 Å². The summed E-state index contributed by atoms with van der Waals surface area (Å²) in [4.78, 5) is 46.4. The van der Waals surface area contributed by atoms with Gasteiger partial charge in [0.15, 0.2) is 0 Å². The Hall–Kier alpha value is -1.29. The molecule has 1 fully saturated rings. The SMILES string of the molecule is COC(=O)/C=C1/C(=O)N2C(C(=O)[O-])=C(COC(C)=O)CS[C@H]12.[Na+]. The van der Waals surface area contributed by atoms with Gasteiger partial charge in [-0.3, -0.25) is 14.5 Å². The van der Waals surface area contributed by atoms with Gasteiger partial charge in [0.05, 0.1) is 24.3 Å². The average Bonchev–Trinajstić information content (AvgIpc) is 2.48. The second-order valence-corrected chi connectivity index (χ2v) is 5.55. The van der Waals surface area contributed by atoms with Crippen molar-refractivity contribution in [1.82, 2.24) is 4.90 Å². The summed E-state index contributed by atoms with van der Waals surface area (Å²) >= 11 is 1.25. The molecule has 0 aliphatic carbocycles. The number of amides is 1. The Morgan fingerprint density at radius 2 is 2.09 bits per heavy atom. The summed E-state index contributed by atoms with van der Waals surface area (Å²) in [5.41, 5.74) is 0.140. The van der Waals surface area contributed by atoms with E-state index in [-0.39, 0.29) is 58.8 Å². The van der Waals surface area contributed by atoms with Crippen LogP contribution in [0.3, 0.4) is 0 Å². The first-order valence-corrected chi connectivity index (χ1v) is 7.23. The minimum atomic E-state index is -1.53. The topological polar surface area (TPSA) is 113 Å². The van der Waals surface area contributed by atoms with Crippen LogP contribution in [0.1, 0.15) is 6.92 Å². The van der Waals surface area contributed by atoms with Crippen LogP contribution in [0.4, 0.5) is 0 Å². The molecule has 8 nitrogen and oxygen atoms in total. The third-order valence-corrected chi connectivity index (χ3v) is 4.37.